The second-order valence-corrected chi connectivity index (χ2v) is 7.92. The molecule has 27 heavy (non-hydrogen) atoms. The zero-order chi connectivity index (χ0) is 20.0. The lowest BCUT2D eigenvalue weighted by Gasteiger charge is -2.17. The standard InChI is InChI=1S/C18H22N2O6S/c1-19(27(23,24)16-9-7-15(8-10-16)20(21)22)12-4-5-14-6-11-17(25-2)18(13-14)26-3/h6-11,13H,4-5,12H2,1-3H3. The highest BCUT2D eigenvalue weighted by Gasteiger charge is 2.21. The highest BCUT2D eigenvalue weighted by Crippen LogP contribution is 2.28. The van der Waals surface area contributed by atoms with Crippen molar-refractivity contribution in [3.8, 4) is 11.5 Å². The molecule has 0 N–H and O–H groups in total. The summed E-state index contributed by atoms with van der Waals surface area (Å²) in [4.78, 5) is 10.1. The first kappa shape index (κ1) is 20.7. The largest absolute Gasteiger partial charge is 0.493 e. The Morgan fingerprint density at radius 1 is 1.04 bits per heavy atom. The minimum Gasteiger partial charge on any atom is -0.493 e. The van der Waals surface area contributed by atoms with Crippen molar-refractivity contribution in [3.63, 3.8) is 0 Å². The average Bonchev–Trinajstić information content (AvgIpc) is 2.67. The van der Waals surface area contributed by atoms with Crippen molar-refractivity contribution in [1.29, 1.82) is 0 Å². The second kappa shape index (κ2) is 8.83. The molecule has 0 aromatic heterocycles. The normalized spacial score (nSPS) is 11.4. The Morgan fingerprint density at radius 2 is 1.67 bits per heavy atom. The topological polar surface area (TPSA) is 99.0 Å². The van der Waals surface area contributed by atoms with E-state index >= 15 is 0 Å². The molecule has 0 spiro atoms. The molecule has 0 heterocycles. The van der Waals surface area contributed by atoms with Crippen LogP contribution in [0, 0.1) is 10.1 Å². The molecule has 2 aromatic rings. The molecule has 8 nitrogen and oxygen atoms in total. The van der Waals surface area contributed by atoms with Crippen molar-refractivity contribution in [1.82, 2.24) is 4.31 Å². The van der Waals surface area contributed by atoms with Crippen LogP contribution in [0.5, 0.6) is 11.5 Å². The predicted octanol–water partition coefficient (Wildman–Crippen LogP) is 2.87. The fraction of sp³-hybridized carbons (Fsp3) is 0.333. The van der Waals surface area contributed by atoms with E-state index in [2.05, 4.69) is 0 Å². The maximum atomic E-state index is 12.6. The fourth-order valence-electron chi connectivity index (χ4n) is 2.58. The number of nitro groups is 1. The van der Waals surface area contributed by atoms with Gasteiger partial charge in [-0.25, -0.2) is 12.7 Å². The number of methoxy groups -OCH3 is 2. The number of nitrogens with zero attached hydrogens (tertiary/aromatic N) is 2. The maximum Gasteiger partial charge on any atom is 0.269 e. The van der Waals surface area contributed by atoms with E-state index in [0.29, 0.717) is 30.9 Å². The van der Waals surface area contributed by atoms with Gasteiger partial charge in [-0.2, -0.15) is 0 Å². The molecule has 2 aromatic carbocycles. The summed E-state index contributed by atoms with van der Waals surface area (Å²) < 4.78 is 36.8. The molecule has 0 unspecified atom stereocenters. The first-order valence-corrected chi connectivity index (χ1v) is 9.65. The molecule has 0 bridgehead atoms. The number of hydrogen-bond donors (Lipinski definition) is 0. The number of aryl methyl sites for hydroxylation is 1. The second-order valence-electron chi connectivity index (χ2n) is 5.87. The van der Waals surface area contributed by atoms with Crippen LogP contribution >= 0.6 is 0 Å². The molecule has 0 aliphatic rings. The average molecular weight is 394 g/mol. The van der Waals surface area contributed by atoms with Crippen LogP contribution in [0.3, 0.4) is 0 Å². The van der Waals surface area contributed by atoms with Gasteiger partial charge in [0.1, 0.15) is 0 Å². The maximum absolute atomic E-state index is 12.6. The van der Waals surface area contributed by atoms with Crippen molar-refractivity contribution in [2.24, 2.45) is 0 Å². The Balaban J connectivity index is 2.00. The van der Waals surface area contributed by atoms with Gasteiger partial charge in [0.15, 0.2) is 11.5 Å². The van der Waals surface area contributed by atoms with Crippen LogP contribution in [0.15, 0.2) is 47.4 Å². The van der Waals surface area contributed by atoms with Gasteiger partial charge >= 0.3 is 0 Å². The monoisotopic (exact) mass is 394 g/mol. The molecule has 0 saturated carbocycles. The molecule has 0 atom stereocenters. The third-order valence-corrected chi connectivity index (χ3v) is 6.01. The molecular weight excluding hydrogens is 372 g/mol. The highest BCUT2D eigenvalue weighted by molar-refractivity contribution is 7.89. The molecule has 0 aliphatic carbocycles. The van der Waals surface area contributed by atoms with Gasteiger partial charge in [0, 0.05) is 25.7 Å². The Bertz CT molecular complexity index is 897. The predicted molar refractivity (Wildman–Crippen MR) is 101 cm³/mol. The van der Waals surface area contributed by atoms with Crippen molar-refractivity contribution in [3.05, 3.63) is 58.1 Å². The Labute approximate surface area is 158 Å². The van der Waals surface area contributed by atoms with Crippen LogP contribution in [0.2, 0.25) is 0 Å². The Kier molecular flexibility index (Phi) is 6.75. The Morgan fingerprint density at radius 3 is 2.22 bits per heavy atom. The molecule has 0 radical (unpaired) electrons. The van der Waals surface area contributed by atoms with Crippen LogP contribution in [0.25, 0.3) is 0 Å². The molecule has 2 rings (SSSR count). The molecule has 0 amide bonds. The summed E-state index contributed by atoms with van der Waals surface area (Å²) in [6.07, 6.45) is 1.28. The number of ether oxygens (including phenoxy) is 2. The lowest BCUT2D eigenvalue weighted by Crippen LogP contribution is -2.28. The lowest BCUT2D eigenvalue weighted by atomic mass is 10.1. The van der Waals surface area contributed by atoms with Crippen LogP contribution in [-0.4, -0.2) is 45.5 Å². The number of sulfonamides is 1. The minimum absolute atomic E-state index is 0.0294. The summed E-state index contributed by atoms with van der Waals surface area (Å²) >= 11 is 0. The Hall–Kier alpha value is -2.65. The van der Waals surface area contributed by atoms with Gasteiger partial charge in [0.05, 0.1) is 24.0 Å². The SMILES string of the molecule is COc1ccc(CCCN(C)S(=O)(=O)c2ccc([N+](=O)[O-])cc2)cc1OC. The molecule has 9 heteroatoms. The van der Waals surface area contributed by atoms with E-state index < -0.39 is 14.9 Å². The van der Waals surface area contributed by atoms with Crippen molar-refractivity contribution >= 4 is 15.7 Å². The zero-order valence-corrected chi connectivity index (χ0v) is 16.2. The molecular formula is C18H22N2O6S. The van der Waals surface area contributed by atoms with Crippen LogP contribution in [0.4, 0.5) is 5.69 Å². The van der Waals surface area contributed by atoms with Crippen LogP contribution in [-0.2, 0) is 16.4 Å². The van der Waals surface area contributed by atoms with Gasteiger partial charge < -0.3 is 9.47 Å². The lowest BCUT2D eigenvalue weighted by molar-refractivity contribution is -0.384. The quantitative estimate of drug-likeness (QED) is 0.479. The summed E-state index contributed by atoms with van der Waals surface area (Å²) in [7, 11) is 0.925. The van der Waals surface area contributed by atoms with E-state index in [0.717, 1.165) is 5.56 Å². The van der Waals surface area contributed by atoms with Gasteiger partial charge in [0.25, 0.3) is 5.69 Å². The summed E-state index contributed by atoms with van der Waals surface area (Å²) in [5.41, 5.74) is 0.860. The molecule has 0 saturated heterocycles. The minimum atomic E-state index is -3.69. The highest BCUT2D eigenvalue weighted by atomic mass is 32.2. The van der Waals surface area contributed by atoms with Crippen molar-refractivity contribution in [2.75, 3.05) is 27.8 Å². The number of rotatable bonds is 9. The number of hydrogen-bond acceptors (Lipinski definition) is 6. The molecule has 146 valence electrons. The van der Waals surface area contributed by atoms with E-state index in [1.54, 1.807) is 14.2 Å². The summed E-state index contributed by atoms with van der Waals surface area (Å²) in [5, 5.41) is 10.7. The van der Waals surface area contributed by atoms with Gasteiger partial charge in [-0.3, -0.25) is 10.1 Å². The van der Waals surface area contributed by atoms with Crippen molar-refractivity contribution < 1.29 is 22.8 Å². The number of nitro benzene ring substituents is 1. The van der Waals surface area contributed by atoms with Crippen LogP contribution in [0.1, 0.15) is 12.0 Å². The van der Waals surface area contributed by atoms with Crippen molar-refractivity contribution in [2.45, 2.75) is 17.7 Å². The zero-order valence-electron chi connectivity index (χ0n) is 15.4. The summed E-state index contributed by atoms with van der Waals surface area (Å²) in [6, 6.07) is 10.5. The van der Waals surface area contributed by atoms with Gasteiger partial charge in [-0.05, 0) is 42.7 Å². The first-order valence-electron chi connectivity index (χ1n) is 8.21. The van der Waals surface area contributed by atoms with Gasteiger partial charge in [-0.15, -0.1) is 0 Å². The van der Waals surface area contributed by atoms with E-state index in [9.17, 15) is 18.5 Å². The number of benzene rings is 2. The van der Waals surface area contributed by atoms with Crippen LogP contribution < -0.4 is 9.47 Å². The first-order chi connectivity index (χ1) is 12.8. The molecule has 0 aliphatic heterocycles. The summed E-state index contributed by atoms with van der Waals surface area (Å²) in [6.45, 7) is 0.313. The van der Waals surface area contributed by atoms with E-state index in [1.165, 1.54) is 35.6 Å². The van der Waals surface area contributed by atoms with E-state index in [-0.39, 0.29) is 10.6 Å². The van der Waals surface area contributed by atoms with E-state index in [4.69, 9.17) is 9.47 Å². The van der Waals surface area contributed by atoms with Gasteiger partial charge in [0.2, 0.25) is 10.0 Å². The number of non-ortho nitro benzene ring substituents is 1. The fourth-order valence-corrected chi connectivity index (χ4v) is 3.79. The molecule has 0 fully saturated rings. The van der Waals surface area contributed by atoms with E-state index in [1.807, 2.05) is 18.2 Å². The van der Waals surface area contributed by atoms with Gasteiger partial charge in [-0.1, -0.05) is 6.07 Å². The third-order valence-electron chi connectivity index (χ3n) is 4.14. The third kappa shape index (κ3) is 4.95. The summed E-state index contributed by atoms with van der Waals surface area (Å²) in [5.74, 6) is 1.26. The smallest absolute Gasteiger partial charge is 0.269 e.